The second kappa shape index (κ2) is 21.8. The fourth-order valence-corrected chi connectivity index (χ4v) is 12.1. The Morgan fingerprint density at radius 2 is 1.38 bits per heavy atom. The van der Waals surface area contributed by atoms with Gasteiger partial charge in [-0.05, 0) is 31.9 Å². The van der Waals surface area contributed by atoms with Crippen molar-refractivity contribution in [1.82, 2.24) is 30.4 Å². The number of amides is 3. The normalized spacial score (nSPS) is 15.9. The van der Waals surface area contributed by atoms with Crippen LogP contribution in [-0.4, -0.2) is 82.5 Å². The van der Waals surface area contributed by atoms with Gasteiger partial charge in [0, 0.05) is 32.7 Å². The maximum Gasteiger partial charge on any atom is 0.413 e. The van der Waals surface area contributed by atoms with Crippen LogP contribution >= 0.6 is 46.6 Å². The summed E-state index contributed by atoms with van der Waals surface area (Å²) in [6.45, 7) is 5.22. The van der Waals surface area contributed by atoms with Crippen molar-refractivity contribution >= 4 is 81.3 Å². The highest BCUT2D eigenvalue weighted by Gasteiger charge is 2.55. The minimum atomic E-state index is -1.39. The largest absolute Gasteiger partial charge is 0.448 e. The van der Waals surface area contributed by atoms with Crippen LogP contribution in [0.15, 0.2) is 184 Å². The van der Waals surface area contributed by atoms with E-state index in [1.807, 2.05) is 152 Å². The van der Waals surface area contributed by atoms with Crippen molar-refractivity contribution in [3.8, 4) is 0 Å². The van der Waals surface area contributed by atoms with Crippen LogP contribution in [0.5, 0.6) is 0 Å². The summed E-state index contributed by atoms with van der Waals surface area (Å²) in [5.74, 6) is -1.68. The first-order valence-electron chi connectivity index (χ1n) is 22.3. The van der Waals surface area contributed by atoms with Gasteiger partial charge in [0.2, 0.25) is 5.60 Å². The smallest absolute Gasteiger partial charge is 0.413 e. The van der Waals surface area contributed by atoms with Crippen LogP contribution in [0.1, 0.15) is 60.4 Å². The number of benzene rings is 5. The van der Waals surface area contributed by atoms with Crippen LogP contribution in [0.4, 0.5) is 9.93 Å². The zero-order valence-electron chi connectivity index (χ0n) is 38.5. The molecule has 0 spiro atoms. The van der Waals surface area contributed by atoms with E-state index in [4.69, 9.17) is 14.3 Å². The second-order valence-electron chi connectivity index (χ2n) is 16.9. The van der Waals surface area contributed by atoms with Crippen molar-refractivity contribution in [1.29, 1.82) is 0 Å². The molecule has 2 aromatic heterocycles. The predicted octanol–water partition coefficient (Wildman–Crippen LogP) is 9.75. The summed E-state index contributed by atoms with van der Waals surface area (Å²) in [6.07, 6.45) is -0.105. The summed E-state index contributed by atoms with van der Waals surface area (Å²) in [5.41, 5.74) is 1.36. The number of carbonyl (C=O) groups is 4. The van der Waals surface area contributed by atoms with E-state index < -0.39 is 52.6 Å². The van der Waals surface area contributed by atoms with Gasteiger partial charge in [-0.3, -0.25) is 24.9 Å². The van der Waals surface area contributed by atoms with Gasteiger partial charge in [0.15, 0.2) is 22.1 Å². The Labute approximate surface area is 426 Å². The van der Waals surface area contributed by atoms with Gasteiger partial charge in [0.05, 0.1) is 5.08 Å². The second-order valence-corrected chi connectivity index (χ2v) is 21.3. The number of esters is 1. The Bertz CT molecular complexity index is 2890. The molecule has 15 nitrogen and oxygen atoms in total. The molecule has 3 N–H and O–H groups in total. The number of hydrogen-bond donors (Lipinski definition) is 3. The van der Waals surface area contributed by atoms with Gasteiger partial charge >= 0.3 is 12.1 Å². The summed E-state index contributed by atoms with van der Waals surface area (Å²) in [6, 6.07) is 46.2. The summed E-state index contributed by atoms with van der Waals surface area (Å²) >= 11 is 5.24. The van der Waals surface area contributed by atoms with E-state index in [1.165, 1.54) is 46.5 Å². The number of β-lactam (4-membered cyclic amide) rings is 1. The lowest BCUT2D eigenvalue weighted by Crippen LogP contribution is -2.71. The average molecular weight is 1020 g/mol. The van der Waals surface area contributed by atoms with Crippen molar-refractivity contribution in [2.75, 3.05) is 16.2 Å². The monoisotopic (exact) mass is 1020 g/mol. The van der Waals surface area contributed by atoms with E-state index in [1.54, 1.807) is 26.2 Å². The van der Waals surface area contributed by atoms with Crippen molar-refractivity contribution in [2.24, 2.45) is 5.16 Å². The third-order valence-electron chi connectivity index (χ3n) is 11.0. The molecule has 5 aromatic carbocycles. The van der Waals surface area contributed by atoms with Crippen LogP contribution in [-0.2, 0) is 34.3 Å². The molecule has 0 unspecified atom stereocenters. The molecule has 1 saturated heterocycles. The first-order chi connectivity index (χ1) is 34.5. The Kier molecular flexibility index (Phi) is 15.0. The van der Waals surface area contributed by atoms with E-state index in [9.17, 15) is 19.2 Å². The van der Waals surface area contributed by atoms with Crippen LogP contribution in [0.2, 0.25) is 0 Å². The highest BCUT2D eigenvalue weighted by molar-refractivity contribution is 8.18. The molecule has 7 aromatic rings. The van der Waals surface area contributed by atoms with Crippen LogP contribution < -0.4 is 10.6 Å². The van der Waals surface area contributed by atoms with Gasteiger partial charge in [-0.2, -0.15) is 5.10 Å². The zero-order valence-corrected chi connectivity index (χ0v) is 41.7. The standard InChI is InChI=1S/C52H46N8O7S4/c1-51(2,3)66-50(64)57-49-55-38(29-69-49)40(59-67-52(35-23-13-6-14-24-35,36-25-15-7-16-26-36)37-27-17-8-18-28-37)44(61)56-41-45(62)60-42(39(30-68-46(41)60)70-32-71-48-53-31-54-58-48)47(63)65-43(33-19-9-4-10-20-33)34-21-11-5-12-22-34/h4-29,31,41,43,46H,30,32H2,1-3H3,(H,56,61)(H,53,54,58)(H,55,57,64)/t41-,46+/m1/s1. The maximum absolute atomic E-state index is 14.9. The summed E-state index contributed by atoms with van der Waals surface area (Å²) in [5, 5.41) is 19.0. The Hall–Kier alpha value is -7.19. The molecule has 9 rings (SSSR count). The highest BCUT2D eigenvalue weighted by atomic mass is 32.2. The fourth-order valence-electron chi connectivity index (χ4n) is 7.89. The van der Waals surface area contributed by atoms with E-state index in [0.717, 1.165) is 39.2 Å². The van der Waals surface area contributed by atoms with E-state index >= 15 is 0 Å². The number of H-pyrrole nitrogens is 1. The molecule has 0 aliphatic carbocycles. The number of aromatic nitrogens is 4. The molecule has 2 aliphatic rings. The first-order valence-corrected chi connectivity index (χ1v) is 26.2. The molecule has 360 valence electrons. The van der Waals surface area contributed by atoms with Crippen LogP contribution in [0.3, 0.4) is 0 Å². The number of nitrogens with zero attached hydrogens (tertiary/aromatic N) is 5. The molecule has 19 heteroatoms. The van der Waals surface area contributed by atoms with Crippen molar-refractivity contribution in [2.45, 2.75) is 54.6 Å². The van der Waals surface area contributed by atoms with Gasteiger partial charge in [0.25, 0.3) is 11.8 Å². The number of ether oxygens (including phenoxy) is 2. The Balaban J connectivity index is 1.05. The minimum Gasteiger partial charge on any atom is -0.448 e. The molecule has 0 saturated carbocycles. The molecule has 0 bridgehead atoms. The predicted molar refractivity (Wildman–Crippen MR) is 276 cm³/mol. The SMILES string of the molecule is CC(C)(C)OC(=O)Nc1nc(C(=NOC(c2ccccc2)(c2ccccc2)c2ccccc2)C(=O)N[C@@H]2C(=O)N3C(C(=O)OC(c4ccccc4)c4ccccc4)=C(SCSc4ncn[nH]4)CS[C@@H]23)cs1. The number of carbonyl (C=O) groups excluding carboxylic acids is 4. The molecule has 71 heavy (non-hydrogen) atoms. The lowest BCUT2D eigenvalue weighted by molar-refractivity contribution is -0.154. The highest BCUT2D eigenvalue weighted by Crippen LogP contribution is 2.46. The molecular formula is C52H46N8O7S4. The van der Waals surface area contributed by atoms with Gasteiger partial charge in [-0.1, -0.05) is 169 Å². The summed E-state index contributed by atoms with van der Waals surface area (Å²) in [7, 11) is 0. The minimum absolute atomic E-state index is 0.0570. The third-order valence-corrected chi connectivity index (χ3v) is 15.4. The van der Waals surface area contributed by atoms with E-state index in [2.05, 4.69) is 36.0 Å². The number of nitrogens with one attached hydrogen (secondary N) is 3. The van der Waals surface area contributed by atoms with Crippen molar-refractivity contribution in [3.63, 3.8) is 0 Å². The fraction of sp³-hybridized carbons (Fsp3) is 0.192. The number of thiazole rings is 1. The number of thioether (sulfide) groups is 3. The van der Waals surface area contributed by atoms with Gasteiger partial charge in [-0.25, -0.2) is 19.6 Å². The Morgan fingerprint density at radius 3 is 1.92 bits per heavy atom. The number of fused-ring (bicyclic) bond motifs is 1. The molecule has 1 fully saturated rings. The number of oxime groups is 1. The molecular weight excluding hydrogens is 977 g/mol. The summed E-state index contributed by atoms with van der Waals surface area (Å²) < 4.78 is 11.8. The number of rotatable bonds is 17. The quantitative estimate of drug-likeness (QED) is 0.0149. The number of hydrogen-bond acceptors (Lipinski definition) is 15. The van der Waals surface area contributed by atoms with Crippen LogP contribution in [0, 0.1) is 0 Å². The molecule has 0 radical (unpaired) electrons. The van der Waals surface area contributed by atoms with E-state index in [0.29, 0.717) is 20.9 Å². The lowest BCUT2D eigenvalue weighted by atomic mass is 9.80. The Morgan fingerprint density at radius 1 is 0.817 bits per heavy atom. The van der Waals surface area contributed by atoms with Gasteiger partial charge in [0.1, 0.15) is 34.7 Å². The topological polar surface area (TPSA) is 190 Å². The van der Waals surface area contributed by atoms with Crippen molar-refractivity contribution < 1.29 is 33.5 Å². The van der Waals surface area contributed by atoms with Crippen LogP contribution in [0.25, 0.3) is 0 Å². The number of anilines is 1. The maximum atomic E-state index is 14.9. The number of aromatic amines is 1. The third kappa shape index (κ3) is 11.1. The average Bonchev–Trinajstić information content (AvgIpc) is 4.09. The molecule has 3 amide bonds. The first kappa shape index (κ1) is 48.8. The molecule has 2 aliphatic heterocycles. The molecule has 4 heterocycles. The zero-order chi connectivity index (χ0) is 49.4. The molecule has 2 atom stereocenters. The van der Waals surface area contributed by atoms with Crippen molar-refractivity contribution in [3.05, 3.63) is 207 Å². The van der Waals surface area contributed by atoms with Gasteiger partial charge < -0.3 is 19.6 Å². The van der Waals surface area contributed by atoms with Gasteiger partial charge in [-0.15, -0.1) is 34.9 Å². The summed E-state index contributed by atoms with van der Waals surface area (Å²) in [4.78, 5) is 74.7. The van der Waals surface area contributed by atoms with E-state index in [-0.39, 0.29) is 22.2 Å². The lowest BCUT2D eigenvalue weighted by Gasteiger charge is -2.49.